The van der Waals surface area contributed by atoms with Crippen molar-refractivity contribution in [2.24, 2.45) is 0 Å². The van der Waals surface area contributed by atoms with Gasteiger partial charge in [-0.05, 0) is 55.5 Å². The molecule has 0 aliphatic carbocycles. The highest BCUT2D eigenvalue weighted by atomic mass is 19.1. The van der Waals surface area contributed by atoms with Crippen LogP contribution in [-0.2, 0) is 13.0 Å². The summed E-state index contributed by atoms with van der Waals surface area (Å²) in [6.45, 7) is 4.50. The second kappa shape index (κ2) is 8.26. The van der Waals surface area contributed by atoms with E-state index in [9.17, 15) is 9.18 Å². The van der Waals surface area contributed by atoms with E-state index in [0.717, 1.165) is 42.6 Å². The van der Waals surface area contributed by atoms with Crippen LogP contribution in [0, 0.1) is 5.82 Å². The van der Waals surface area contributed by atoms with Gasteiger partial charge in [0.1, 0.15) is 5.82 Å². The van der Waals surface area contributed by atoms with Crippen LogP contribution < -0.4 is 5.32 Å². The molecule has 0 saturated carbocycles. The van der Waals surface area contributed by atoms with E-state index in [2.05, 4.69) is 12.2 Å². The lowest BCUT2D eigenvalue weighted by molar-refractivity contribution is 0.0793. The largest absolute Gasteiger partial charge is 0.339 e. The van der Waals surface area contributed by atoms with Gasteiger partial charge in [-0.1, -0.05) is 30.3 Å². The Kier molecular flexibility index (Phi) is 5.82. The zero-order chi connectivity index (χ0) is 17.6. The van der Waals surface area contributed by atoms with Gasteiger partial charge in [-0.2, -0.15) is 0 Å². The summed E-state index contributed by atoms with van der Waals surface area (Å²) < 4.78 is 13.7. The summed E-state index contributed by atoms with van der Waals surface area (Å²) in [5.41, 5.74) is 2.61. The monoisotopic (exact) mass is 340 g/mol. The SMILES string of the molecule is CC(Cc1ccccc1F)NCc1ccc(C(=O)N2CCCC2)cc1. The quantitative estimate of drug-likeness (QED) is 0.868. The van der Waals surface area contributed by atoms with E-state index in [1.165, 1.54) is 6.07 Å². The van der Waals surface area contributed by atoms with Crippen LogP contribution in [0.1, 0.15) is 41.3 Å². The molecule has 25 heavy (non-hydrogen) atoms. The van der Waals surface area contributed by atoms with Gasteiger partial charge in [0.2, 0.25) is 0 Å². The fraction of sp³-hybridized carbons (Fsp3) is 0.381. The molecule has 0 aromatic heterocycles. The number of hydrogen-bond donors (Lipinski definition) is 1. The Bertz CT molecular complexity index is 708. The van der Waals surface area contributed by atoms with Crippen molar-refractivity contribution >= 4 is 5.91 Å². The number of likely N-dealkylation sites (tertiary alicyclic amines) is 1. The average molecular weight is 340 g/mol. The second-order valence-corrected chi connectivity index (χ2v) is 6.77. The topological polar surface area (TPSA) is 32.3 Å². The van der Waals surface area contributed by atoms with Gasteiger partial charge in [0, 0.05) is 31.2 Å². The first kappa shape index (κ1) is 17.6. The summed E-state index contributed by atoms with van der Waals surface area (Å²) in [6, 6.07) is 14.9. The first-order chi connectivity index (χ1) is 12.1. The van der Waals surface area contributed by atoms with Gasteiger partial charge < -0.3 is 10.2 Å². The number of nitrogens with zero attached hydrogens (tertiary/aromatic N) is 1. The molecule has 3 rings (SSSR count). The Morgan fingerprint density at radius 2 is 1.80 bits per heavy atom. The second-order valence-electron chi connectivity index (χ2n) is 6.77. The molecule has 1 aliphatic heterocycles. The third kappa shape index (κ3) is 4.67. The summed E-state index contributed by atoms with van der Waals surface area (Å²) >= 11 is 0. The van der Waals surface area contributed by atoms with E-state index < -0.39 is 0 Å². The van der Waals surface area contributed by atoms with Crippen LogP contribution in [0.4, 0.5) is 4.39 Å². The molecule has 1 aliphatic rings. The van der Waals surface area contributed by atoms with Crippen LogP contribution in [0.15, 0.2) is 48.5 Å². The molecule has 2 aromatic rings. The maximum absolute atomic E-state index is 13.7. The highest BCUT2D eigenvalue weighted by molar-refractivity contribution is 5.94. The Morgan fingerprint density at radius 3 is 2.48 bits per heavy atom. The fourth-order valence-corrected chi connectivity index (χ4v) is 3.23. The molecule has 132 valence electrons. The normalized spacial score (nSPS) is 15.4. The predicted octanol–water partition coefficient (Wildman–Crippen LogP) is 3.78. The van der Waals surface area contributed by atoms with Crippen molar-refractivity contribution < 1.29 is 9.18 Å². The van der Waals surface area contributed by atoms with Crippen LogP contribution in [-0.4, -0.2) is 29.9 Å². The minimum absolute atomic E-state index is 0.130. The van der Waals surface area contributed by atoms with Crippen LogP contribution in [0.5, 0.6) is 0 Å². The fourth-order valence-electron chi connectivity index (χ4n) is 3.23. The number of amides is 1. The average Bonchev–Trinajstić information content (AvgIpc) is 3.16. The van der Waals surface area contributed by atoms with Crippen molar-refractivity contribution in [2.45, 2.75) is 38.8 Å². The lowest BCUT2D eigenvalue weighted by atomic mass is 10.1. The van der Waals surface area contributed by atoms with Crippen molar-refractivity contribution in [1.82, 2.24) is 10.2 Å². The number of hydrogen-bond acceptors (Lipinski definition) is 2. The summed E-state index contributed by atoms with van der Waals surface area (Å²) in [4.78, 5) is 14.3. The Hall–Kier alpha value is -2.20. The number of rotatable bonds is 6. The van der Waals surface area contributed by atoms with Gasteiger partial charge in [0.25, 0.3) is 5.91 Å². The molecular formula is C21H25FN2O. The molecule has 2 aromatic carbocycles. The van der Waals surface area contributed by atoms with Crippen LogP contribution in [0.25, 0.3) is 0 Å². The van der Waals surface area contributed by atoms with Crippen LogP contribution in [0.3, 0.4) is 0 Å². The molecule has 1 fully saturated rings. The van der Waals surface area contributed by atoms with Gasteiger partial charge in [0.05, 0.1) is 0 Å². The number of carbonyl (C=O) groups is 1. The molecule has 1 unspecified atom stereocenters. The first-order valence-corrected chi connectivity index (χ1v) is 8.98. The summed E-state index contributed by atoms with van der Waals surface area (Å²) in [5, 5.41) is 3.42. The molecule has 1 heterocycles. The van der Waals surface area contributed by atoms with E-state index in [-0.39, 0.29) is 17.8 Å². The van der Waals surface area contributed by atoms with Crippen LogP contribution in [0.2, 0.25) is 0 Å². The third-order valence-electron chi connectivity index (χ3n) is 4.73. The molecule has 3 nitrogen and oxygen atoms in total. The Morgan fingerprint density at radius 1 is 1.12 bits per heavy atom. The summed E-state index contributed by atoms with van der Waals surface area (Å²) in [5.74, 6) is -0.0224. The Labute approximate surface area is 148 Å². The number of halogens is 1. The minimum atomic E-state index is -0.152. The van der Waals surface area contributed by atoms with E-state index in [1.54, 1.807) is 6.07 Å². The Balaban J connectivity index is 1.51. The smallest absolute Gasteiger partial charge is 0.253 e. The van der Waals surface area contributed by atoms with Crippen molar-refractivity contribution in [3.8, 4) is 0 Å². The highest BCUT2D eigenvalue weighted by Gasteiger charge is 2.19. The summed E-state index contributed by atoms with van der Waals surface area (Å²) in [7, 11) is 0. The lowest BCUT2D eigenvalue weighted by Crippen LogP contribution is -2.28. The maximum Gasteiger partial charge on any atom is 0.253 e. The number of carbonyl (C=O) groups excluding carboxylic acids is 1. The molecule has 1 saturated heterocycles. The zero-order valence-electron chi connectivity index (χ0n) is 14.7. The molecule has 1 atom stereocenters. The van der Waals surface area contributed by atoms with Gasteiger partial charge >= 0.3 is 0 Å². The molecule has 0 radical (unpaired) electrons. The lowest BCUT2D eigenvalue weighted by Gasteiger charge is -2.16. The molecule has 1 amide bonds. The van der Waals surface area contributed by atoms with Crippen molar-refractivity contribution in [2.75, 3.05) is 13.1 Å². The van der Waals surface area contributed by atoms with Gasteiger partial charge in [-0.25, -0.2) is 4.39 Å². The van der Waals surface area contributed by atoms with Gasteiger partial charge in [0.15, 0.2) is 0 Å². The summed E-state index contributed by atoms with van der Waals surface area (Å²) in [6.07, 6.45) is 2.86. The zero-order valence-corrected chi connectivity index (χ0v) is 14.7. The highest BCUT2D eigenvalue weighted by Crippen LogP contribution is 2.14. The molecule has 0 bridgehead atoms. The molecule has 0 spiro atoms. The van der Waals surface area contributed by atoms with Gasteiger partial charge in [-0.15, -0.1) is 0 Å². The number of benzene rings is 2. The van der Waals surface area contributed by atoms with E-state index in [4.69, 9.17) is 0 Å². The first-order valence-electron chi connectivity index (χ1n) is 8.98. The molecule has 4 heteroatoms. The van der Waals surface area contributed by atoms with Crippen molar-refractivity contribution in [3.63, 3.8) is 0 Å². The van der Waals surface area contributed by atoms with E-state index >= 15 is 0 Å². The van der Waals surface area contributed by atoms with Crippen molar-refractivity contribution in [1.29, 1.82) is 0 Å². The predicted molar refractivity (Wildman–Crippen MR) is 98.0 cm³/mol. The maximum atomic E-state index is 13.7. The van der Waals surface area contributed by atoms with E-state index in [1.807, 2.05) is 41.3 Å². The van der Waals surface area contributed by atoms with Crippen LogP contribution >= 0.6 is 0 Å². The third-order valence-corrected chi connectivity index (χ3v) is 4.73. The standard InChI is InChI=1S/C21H25FN2O/c1-16(14-19-6-2-3-7-20(19)22)23-15-17-8-10-18(11-9-17)21(25)24-12-4-5-13-24/h2-3,6-11,16,23H,4-5,12-15H2,1H3. The van der Waals surface area contributed by atoms with Crippen molar-refractivity contribution in [3.05, 3.63) is 71.0 Å². The van der Waals surface area contributed by atoms with E-state index in [0.29, 0.717) is 13.0 Å². The van der Waals surface area contributed by atoms with Gasteiger partial charge in [-0.3, -0.25) is 4.79 Å². The minimum Gasteiger partial charge on any atom is -0.339 e. The molecular weight excluding hydrogens is 315 g/mol. The molecule has 1 N–H and O–H groups in total. The number of nitrogens with one attached hydrogen (secondary N) is 1.